The molecule has 3 rings (SSSR count). The van der Waals surface area contributed by atoms with Crippen LogP contribution in [0.4, 0.5) is 9.52 Å². The van der Waals surface area contributed by atoms with Crippen LogP contribution in [0.15, 0.2) is 47.6 Å². The van der Waals surface area contributed by atoms with Crippen LogP contribution in [-0.2, 0) is 6.61 Å². The predicted molar refractivity (Wildman–Crippen MR) is 112 cm³/mol. The number of nitrogens with zero attached hydrogens (tertiary/aromatic N) is 2. The maximum atomic E-state index is 13.1. The third-order valence-corrected chi connectivity index (χ3v) is 5.17. The average molecular weight is 413 g/mol. The standard InChI is InChI=1S/C21H20FN3O3S/c1-13-20(14(2)26)29-21(24-13)25-23-11-16-5-4-6-18(27-3)19(16)28-12-15-7-9-17(22)10-8-15/h4-11H,12H2,1-3H3,(H,24,25)/b23-11+. The van der Waals surface area contributed by atoms with Gasteiger partial charge < -0.3 is 9.47 Å². The van der Waals surface area contributed by atoms with Gasteiger partial charge in [0.2, 0.25) is 5.13 Å². The van der Waals surface area contributed by atoms with Gasteiger partial charge in [-0.05, 0) is 36.8 Å². The molecule has 2 aromatic carbocycles. The Morgan fingerprint density at radius 3 is 2.69 bits per heavy atom. The third-order valence-electron chi connectivity index (χ3n) is 4.01. The lowest BCUT2D eigenvalue weighted by atomic mass is 10.2. The Bertz CT molecular complexity index is 1030. The van der Waals surface area contributed by atoms with Crippen LogP contribution in [0.5, 0.6) is 11.5 Å². The van der Waals surface area contributed by atoms with Gasteiger partial charge in [0.15, 0.2) is 17.3 Å². The summed E-state index contributed by atoms with van der Waals surface area (Å²) in [5.74, 6) is 0.751. The highest BCUT2D eigenvalue weighted by Crippen LogP contribution is 2.31. The van der Waals surface area contributed by atoms with Gasteiger partial charge in [0.1, 0.15) is 12.4 Å². The normalized spacial score (nSPS) is 10.9. The molecule has 1 aromatic heterocycles. The second-order valence-electron chi connectivity index (χ2n) is 6.15. The first-order valence-electron chi connectivity index (χ1n) is 8.79. The number of nitrogens with one attached hydrogen (secondary N) is 1. The Hall–Kier alpha value is -3.26. The van der Waals surface area contributed by atoms with E-state index in [4.69, 9.17) is 9.47 Å². The summed E-state index contributed by atoms with van der Waals surface area (Å²) in [5.41, 5.74) is 5.03. The van der Waals surface area contributed by atoms with E-state index in [1.165, 1.54) is 30.4 Å². The van der Waals surface area contributed by atoms with Gasteiger partial charge in [0.05, 0.1) is 23.9 Å². The number of benzene rings is 2. The number of halogens is 1. The SMILES string of the molecule is COc1cccc(/C=N/Nc2nc(C)c(C(C)=O)s2)c1OCc1ccc(F)cc1. The number of aromatic nitrogens is 1. The lowest BCUT2D eigenvalue weighted by Crippen LogP contribution is -2.01. The van der Waals surface area contributed by atoms with E-state index in [-0.39, 0.29) is 18.2 Å². The Balaban J connectivity index is 1.76. The highest BCUT2D eigenvalue weighted by molar-refractivity contribution is 7.17. The molecule has 0 bridgehead atoms. The minimum atomic E-state index is -0.296. The first-order valence-corrected chi connectivity index (χ1v) is 9.61. The Labute approximate surface area is 172 Å². The fraction of sp³-hybridized carbons (Fsp3) is 0.190. The van der Waals surface area contributed by atoms with E-state index in [2.05, 4.69) is 15.5 Å². The molecule has 29 heavy (non-hydrogen) atoms. The van der Waals surface area contributed by atoms with Crippen LogP contribution in [0.25, 0.3) is 0 Å². The van der Waals surface area contributed by atoms with Crippen molar-refractivity contribution in [2.45, 2.75) is 20.5 Å². The number of aryl methyl sites for hydroxylation is 1. The van der Waals surface area contributed by atoms with Crippen LogP contribution in [-0.4, -0.2) is 24.1 Å². The molecule has 0 aliphatic heterocycles. The number of para-hydroxylation sites is 1. The molecule has 1 N–H and O–H groups in total. The molecule has 0 saturated carbocycles. The molecular weight excluding hydrogens is 393 g/mol. The Kier molecular flexibility index (Phi) is 6.56. The van der Waals surface area contributed by atoms with E-state index < -0.39 is 0 Å². The molecular formula is C21H20FN3O3S. The minimum Gasteiger partial charge on any atom is -0.493 e. The second kappa shape index (κ2) is 9.29. The summed E-state index contributed by atoms with van der Waals surface area (Å²) < 4.78 is 24.4. The zero-order valence-electron chi connectivity index (χ0n) is 16.2. The van der Waals surface area contributed by atoms with Crippen molar-refractivity contribution < 1.29 is 18.7 Å². The van der Waals surface area contributed by atoms with Crippen molar-refractivity contribution in [2.24, 2.45) is 5.10 Å². The summed E-state index contributed by atoms with van der Waals surface area (Å²) in [6.45, 7) is 3.54. The lowest BCUT2D eigenvalue weighted by molar-refractivity contribution is 0.102. The number of hydrogen-bond donors (Lipinski definition) is 1. The monoisotopic (exact) mass is 413 g/mol. The molecule has 0 amide bonds. The van der Waals surface area contributed by atoms with E-state index in [9.17, 15) is 9.18 Å². The molecule has 150 valence electrons. The minimum absolute atomic E-state index is 0.0266. The fourth-order valence-corrected chi connectivity index (χ4v) is 3.43. The molecule has 0 aliphatic rings. The molecule has 1 heterocycles. The summed E-state index contributed by atoms with van der Waals surface area (Å²) >= 11 is 1.25. The molecule has 0 unspecified atom stereocenters. The number of anilines is 1. The zero-order valence-corrected chi connectivity index (χ0v) is 17.0. The molecule has 8 heteroatoms. The number of hydrazone groups is 1. The molecule has 0 aliphatic carbocycles. The van der Waals surface area contributed by atoms with Crippen LogP contribution in [0.1, 0.15) is 33.4 Å². The number of hydrogen-bond acceptors (Lipinski definition) is 7. The first kappa shape index (κ1) is 20.5. The largest absolute Gasteiger partial charge is 0.493 e. The summed E-state index contributed by atoms with van der Waals surface area (Å²) in [6.07, 6.45) is 1.59. The number of thiazole rings is 1. The van der Waals surface area contributed by atoms with Gasteiger partial charge in [-0.25, -0.2) is 9.37 Å². The quantitative estimate of drug-likeness (QED) is 0.325. The van der Waals surface area contributed by atoms with Gasteiger partial charge in [-0.1, -0.05) is 29.5 Å². The van der Waals surface area contributed by atoms with Crippen molar-refractivity contribution >= 4 is 28.5 Å². The van der Waals surface area contributed by atoms with Gasteiger partial charge in [0, 0.05) is 12.5 Å². The number of carbonyl (C=O) groups excluding carboxylic acids is 1. The number of methoxy groups -OCH3 is 1. The first-order chi connectivity index (χ1) is 14.0. The lowest BCUT2D eigenvalue weighted by Gasteiger charge is -2.13. The smallest absolute Gasteiger partial charge is 0.204 e. The van der Waals surface area contributed by atoms with Gasteiger partial charge in [-0.3, -0.25) is 10.2 Å². The van der Waals surface area contributed by atoms with Crippen molar-refractivity contribution in [3.8, 4) is 11.5 Å². The van der Waals surface area contributed by atoms with E-state index in [0.29, 0.717) is 32.8 Å². The molecule has 6 nitrogen and oxygen atoms in total. The van der Waals surface area contributed by atoms with Crippen LogP contribution in [0.2, 0.25) is 0 Å². The van der Waals surface area contributed by atoms with Crippen molar-refractivity contribution in [1.29, 1.82) is 0 Å². The van der Waals surface area contributed by atoms with E-state index in [1.807, 2.05) is 12.1 Å². The maximum absolute atomic E-state index is 13.1. The predicted octanol–water partition coefficient (Wildman–Crippen LogP) is 4.83. The topological polar surface area (TPSA) is 72.8 Å². The number of rotatable bonds is 8. The maximum Gasteiger partial charge on any atom is 0.204 e. The number of carbonyl (C=O) groups is 1. The number of Topliss-reactive ketones (excluding diaryl/α,β-unsaturated/α-hetero) is 1. The summed E-state index contributed by atoms with van der Waals surface area (Å²) in [6, 6.07) is 11.5. The third kappa shape index (κ3) is 5.17. The van der Waals surface area contributed by atoms with Gasteiger partial charge in [-0.2, -0.15) is 5.10 Å². The van der Waals surface area contributed by atoms with E-state index in [1.54, 1.807) is 38.4 Å². The van der Waals surface area contributed by atoms with Crippen molar-refractivity contribution in [1.82, 2.24) is 4.98 Å². The van der Waals surface area contributed by atoms with E-state index >= 15 is 0 Å². The van der Waals surface area contributed by atoms with Crippen molar-refractivity contribution in [3.05, 3.63) is 70.0 Å². The molecule has 0 saturated heterocycles. The fourth-order valence-electron chi connectivity index (χ4n) is 2.61. The molecule has 3 aromatic rings. The summed E-state index contributed by atoms with van der Waals surface area (Å²) in [7, 11) is 1.56. The molecule has 0 spiro atoms. The summed E-state index contributed by atoms with van der Waals surface area (Å²) in [5, 5.41) is 4.73. The zero-order chi connectivity index (χ0) is 20.8. The van der Waals surface area contributed by atoms with Crippen LogP contribution < -0.4 is 14.9 Å². The van der Waals surface area contributed by atoms with Gasteiger partial charge in [0.25, 0.3) is 0 Å². The van der Waals surface area contributed by atoms with E-state index in [0.717, 1.165) is 5.56 Å². The molecule has 0 fully saturated rings. The Morgan fingerprint density at radius 1 is 1.28 bits per heavy atom. The van der Waals surface area contributed by atoms with Crippen LogP contribution in [0.3, 0.4) is 0 Å². The van der Waals surface area contributed by atoms with Gasteiger partial charge in [-0.15, -0.1) is 0 Å². The van der Waals surface area contributed by atoms with Crippen molar-refractivity contribution in [2.75, 3.05) is 12.5 Å². The van der Waals surface area contributed by atoms with Crippen LogP contribution in [0, 0.1) is 12.7 Å². The van der Waals surface area contributed by atoms with Crippen molar-refractivity contribution in [3.63, 3.8) is 0 Å². The second-order valence-corrected chi connectivity index (χ2v) is 7.15. The molecule has 0 atom stereocenters. The van der Waals surface area contributed by atoms with Gasteiger partial charge >= 0.3 is 0 Å². The van der Waals surface area contributed by atoms with Crippen LogP contribution >= 0.6 is 11.3 Å². The number of ketones is 1. The number of ether oxygens (including phenoxy) is 2. The Morgan fingerprint density at radius 2 is 2.03 bits per heavy atom. The summed E-state index contributed by atoms with van der Waals surface area (Å²) in [4.78, 5) is 16.4. The highest BCUT2D eigenvalue weighted by atomic mass is 32.1. The average Bonchev–Trinajstić information content (AvgIpc) is 3.08. The highest BCUT2D eigenvalue weighted by Gasteiger charge is 2.12. The molecule has 0 radical (unpaired) electrons.